The zero-order valence-electron chi connectivity index (χ0n) is 15.5. The summed E-state index contributed by atoms with van der Waals surface area (Å²) in [7, 11) is 5.74. The van der Waals surface area contributed by atoms with E-state index in [2.05, 4.69) is 39.9 Å². The maximum Gasteiger partial charge on any atom is 0.251 e. The molecule has 2 bridgehead atoms. The Labute approximate surface area is 153 Å². The van der Waals surface area contributed by atoms with Gasteiger partial charge in [-0.3, -0.25) is 4.79 Å². The molecule has 0 aliphatic carbocycles. The number of likely N-dealkylation sites (N-methyl/N-ethyl adjacent to an activating group) is 1. The van der Waals surface area contributed by atoms with E-state index in [9.17, 15) is 4.79 Å². The lowest BCUT2D eigenvalue weighted by molar-refractivity contribution is 0.173. The zero-order valence-corrected chi connectivity index (χ0v) is 15.5. The summed E-state index contributed by atoms with van der Waals surface area (Å²) in [6.07, 6.45) is 2.84. The SMILES string of the molecule is COc1ccnc(N2C[C@H]3C[C@@H](C2)[C@H](CN(C)C)n2c3cccc2=O)n1. The van der Waals surface area contributed by atoms with Gasteiger partial charge in [-0.05, 0) is 32.5 Å². The first kappa shape index (κ1) is 17.0. The molecule has 1 saturated heterocycles. The summed E-state index contributed by atoms with van der Waals surface area (Å²) < 4.78 is 7.29. The van der Waals surface area contributed by atoms with E-state index < -0.39 is 0 Å². The van der Waals surface area contributed by atoms with E-state index in [1.807, 2.05) is 10.6 Å². The van der Waals surface area contributed by atoms with Crippen LogP contribution in [-0.4, -0.2) is 60.3 Å². The molecule has 26 heavy (non-hydrogen) atoms. The smallest absolute Gasteiger partial charge is 0.251 e. The Bertz CT molecular complexity index is 850. The minimum Gasteiger partial charge on any atom is -0.481 e. The maximum absolute atomic E-state index is 12.6. The fraction of sp³-hybridized carbons (Fsp3) is 0.526. The summed E-state index contributed by atoms with van der Waals surface area (Å²) in [5.41, 5.74) is 1.24. The van der Waals surface area contributed by atoms with Gasteiger partial charge in [-0.1, -0.05) is 6.07 Å². The van der Waals surface area contributed by atoms with Crippen LogP contribution in [0.15, 0.2) is 35.3 Å². The van der Waals surface area contributed by atoms with E-state index in [0.717, 1.165) is 31.7 Å². The average molecular weight is 355 g/mol. The Morgan fingerprint density at radius 1 is 1.27 bits per heavy atom. The van der Waals surface area contributed by atoms with Crippen molar-refractivity contribution in [2.24, 2.45) is 5.92 Å². The topological polar surface area (TPSA) is 63.5 Å². The molecule has 0 radical (unpaired) electrons. The zero-order chi connectivity index (χ0) is 18.3. The Kier molecular flexibility index (Phi) is 4.40. The van der Waals surface area contributed by atoms with Gasteiger partial charge in [-0.2, -0.15) is 4.98 Å². The summed E-state index contributed by atoms with van der Waals surface area (Å²) in [4.78, 5) is 26.0. The van der Waals surface area contributed by atoms with Crippen molar-refractivity contribution < 1.29 is 4.74 Å². The van der Waals surface area contributed by atoms with Crippen molar-refractivity contribution in [3.63, 3.8) is 0 Å². The average Bonchev–Trinajstić information content (AvgIpc) is 2.65. The van der Waals surface area contributed by atoms with Crippen LogP contribution in [0.25, 0.3) is 0 Å². The molecule has 138 valence electrons. The number of ether oxygens (including phenoxy) is 1. The number of nitrogens with zero attached hydrogens (tertiary/aromatic N) is 5. The van der Waals surface area contributed by atoms with Crippen molar-refractivity contribution in [2.45, 2.75) is 18.4 Å². The van der Waals surface area contributed by atoms with Gasteiger partial charge in [0.1, 0.15) is 0 Å². The molecule has 4 rings (SSSR count). The van der Waals surface area contributed by atoms with Crippen LogP contribution in [0.2, 0.25) is 0 Å². The fourth-order valence-electron chi connectivity index (χ4n) is 4.41. The summed E-state index contributed by atoms with van der Waals surface area (Å²) in [5.74, 6) is 1.98. The first-order chi connectivity index (χ1) is 12.6. The molecule has 2 aromatic heterocycles. The molecule has 0 N–H and O–H groups in total. The van der Waals surface area contributed by atoms with Crippen LogP contribution >= 0.6 is 0 Å². The maximum atomic E-state index is 12.6. The predicted octanol–water partition coefficient (Wildman–Crippen LogP) is 1.37. The van der Waals surface area contributed by atoms with Crippen molar-refractivity contribution >= 4 is 5.95 Å². The minimum absolute atomic E-state index is 0.107. The number of pyridine rings is 1. The number of fused-ring (bicyclic) bond motifs is 4. The second-order valence-corrected chi connectivity index (χ2v) is 7.49. The highest BCUT2D eigenvalue weighted by molar-refractivity contribution is 5.36. The predicted molar refractivity (Wildman–Crippen MR) is 99.9 cm³/mol. The van der Waals surface area contributed by atoms with Gasteiger partial charge in [-0.15, -0.1) is 0 Å². The lowest BCUT2D eigenvalue weighted by Gasteiger charge is -2.47. The molecule has 7 nitrogen and oxygen atoms in total. The van der Waals surface area contributed by atoms with Crippen LogP contribution in [0, 0.1) is 5.92 Å². The summed E-state index contributed by atoms with van der Waals surface area (Å²) >= 11 is 0. The number of hydrogen-bond donors (Lipinski definition) is 0. The number of piperidine rings is 1. The highest BCUT2D eigenvalue weighted by Gasteiger charge is 2.41. The molecule has 0 amide bonds. The van der Waals surface area contributed by atoms with E-state index >= 15 is 0 Å². The molecule has 0 aromatic carbocycles. The summed E-state index contributed by atoms with van der Waals surface area (Å²) in [5, 5.41) is 0. The number of hydrogen-bond acceptors (Lipinski definition) is 6. The van der Waals surface area contributed by atoms with E-state index in [-0.39, 0.29) is 11.6 Å². The molecule has 0 saturated carbocycles. The second-order valence-electron chi connectivity index (χ2n) is 7.49. The Morgan fingerprint density at radius 2 is 2.12 bits per heavy atom. The number of rotatable bonds is 4. The van der Waals surface area contributed by atoms with Crippen LogP contribution in [0.1, 0.15) is 24.1 Å². The van der Waals surface area contributed by atoms with E-state index in [1.54, 1.807) is 25.4 Å². The Balaban J connectivity index is 1.73. The van der Waals surface area contributed by atoms with Gasteiger partial charge in [0.05, 0.1) is 13.2 Å². The summed E-state index contributed by atoms with van der Waals surface area (Å²) in [6, 6.07) is 7.58. The highest BCUT2D eigenvalue weighted by Crippen LogP contribution is 2.41. The van der Waals surface area contributed by atoms with Crippen LogP contribution in [-0.2, 0) is 0 Å². The molecule has 1 fully saturated rings. The van der Waals surface area contributed by atoms with Gasteiger partial charge in [0.2, 0.25) is 11.8 Å². The summed E-state index contributed by atoms with van der Waals surface area (Å²) in [6.45, 7) is 2.52. The van der Waals surface area contributed by atoms with Crippen molar-refractivity contribution in [2.75, 3.05) is 45.7 Å². The molecule has 3 atom stereocenters. The van der Waals surface area contributed by atoms with Crippen molar-refractivity contribution in [1.82, 2.24) is 19.4 Å². The van der Waals surface area contributed by atoms with E-state index in [4.69, 9.17) is 4.74 Å². The van der Waals surface area contributed by atoms with Gasteiger partial charge in [0.15, 0.2) is 0 Å². The number of anilines is 1. The minimum atomic E-state index is 0.107. The van der Waals surface area contributed by atoms with Crippen LogP contribution in [0.4, 0.5) is 5.95 Å². The van der Waals surface area contributed by atoms with Crippen LogP contribution in [0.3, 0.4) is 0 Å². The third-order valence-electron chi connectivity index (χ3n) is 5.46. The molecule has 2 aliphatic rings. The second kappa shape index (κ2) is 6.72. The van der Waals surface area contributed by atoms with Gasteiger partial charge >= 0.3 is 0 Å². The molecule has 4 heterocycles. The van der Waals surface area contributed by atoms with Gasteiger partial charge in [0.25, 0.3) is 5.56 Å². The molecular formula is C19H25N5O2. The molecule has 2 aromatic rings. The largest absolute Gasteiger partial charge is 0.481 e. The van der Waals surface area contributed by atoms with Gasteiger partial charge in [0, 0.05) is 49.6 Å². The standard InChI is InChI=1S/C19H25N5O2/c1-22(2)12-16-14-9-13(15-5-4-6-18(25)24(15)16)10-23(11-14)19-20-8-7-17(21-19)26-3/h4-8,13-14,16H,9-12H2,1-3H3/t13-,14+,16+/m1/s1. The quantitative estimate of drug-likeness (QED) is 0.826. The van der Waals surface area contributed by atoms with Gasteiger partial charge in [-0.25, -0.2) is 4.98 Å². The highest BCUT2D eigenvalue weighted by atomic mass is 16.5. The van der Waals surface area contributed by atoms with Crippen molar-refractivity contribution in [3.05, 3.63) is 46.5 Å². The fourth-order valence-corrected chi connectivity index (χ4v) is 4.41. The van der Waals surface area contributed by atoms with E-state index in [1.165, 1.54) is 0 Å². The first-order valence-electron chi connectivity index (χ1n) is 9.05. The number of methoxy groups -OCH3 is 1. The monoisotopic (exact) mass is 355 g/mol. The molecule has 0 unspecified atom stereocenters. The third kappa shape index (κ3) is 2.96. The lowest BCUT2D eigenvalue weighted by atomic mass is 9.78. The van der Waals surface area contributed by atoms with Crippen LogP contribution < -0.4 is 15.2 Å². The third-order valence-corrected chi connectivity index (χ3v) is 5.46. The lowest BCUT2D eigenvalue weighted by Crippen LogP contribution is -2.52. The Hall–Kier alpha value is -2.41. The molecule has 7 heteroatoms. The normalized spacial score (nSPS) is 24.5. The van der Waals surface area contributed by atoms with E-state index in [0.29, 0.717) is 23.7 Å². The van der Waals surface area contributed by atoms with Crippen LogP contribution in [0.5, 0.6) is 5.88 Å². The molecule has 0 spiro atoms. The molecular weight excluding hydrogens is 330 g/mol. The van der Waals surface area contributed by atoms with Crippen molar-refractivity contribution in [1.29, 1.82) is 0 Å². The van der Waals surface area contributed by atoms with Crippen molar-refractivity contribution in [3.8, 4) is 5.88 Å². The molecule has 2 aliphatic heterocycles. The Morgan fingerprint density at radius 3 is 2.88 bits per heavy atom. The number of aromatic nitrogens is 3. The van der Waals surface area contributed by atoms with Gasteiger partial charge < -0.3 is 19.1 Å². The first-order valence-corrected chi connectivity index (χ1v) is 9.05.